The van der Waals surface area contributed by atoms with E-state index in [0.29, 0.717) is 17.9 Å². The van der Waals surface area contributed by atoms with Crippen LogP contribution >= 0.6 is 15.9 Å². The number of hydrogen-bond acceptors (Lipinski definition) is 4. The van der Waals surface area contributed by atoms with Gasteiger partial charge in [0.2, 0.25) is 0 Å². The van der Waals surface area contributed by atoms with Crippen molar-refractivity contribution < 1.29 is 4.79 Å². The number of nitrogens with zero attached hydrogens (tertiary/aromatic N) is 4. The van der Waals surface area contributed by atoms with Gasteiger partial charge in [-0.05, 0) is 63.4 Å². The lowest BCUT2D eigenvalue weighted by Gasteiger charge is -2.34. The molecule has 0 saturated carbocycles. The lowest BCUT2D eigenvalue weighted by atomic mass is 9.95. The number of carbonyl (C=O) groups excluding carboxylic acids is 1. The van der Waals surface area contributed by atoms with Gasteiger partial charge in [0, 0.05) is 29.0 Å². The van der Waals surface area contributed by atoms with Gasteiger partial charge in [0.25, 0.3) is 5.91 Å². The Kier molecular flexibility index (Phi) is 5.08. The van der Waals surface area contributed by atoms with Crippen LogP contribution in [-0.2, 0) is 5.54 Å². The number of aromatic amines is 1. The third-order valence-corrected chi connectivity index (χ3v) is 6.82. The summed E-state index contributed by atoms with van der Waals surface area (Å²) >= 11 is 3.56. The summed E-state index contributed by atoms with van der Waals surface area (Å²) in [5.74, 6) is 1.36. The van der Waals surface area contributed by atoms with Crippen LogP contribution < -0.4 is 0 Å². The summed E-state index contributed by atoms with van der Waals surface area (Å²) in [7, 11) is 0. The Morgan fingerprint density at radius 3 is 2.72 bits per heavy atom. The van der Waals surface area contributed by atoms with Crippen LogP contribution in [0, 0.1) is 13.8 Å². The molecular formula is C25H24BrN5O. The molecule has 2 aromatic heterocycles. The minimum Gasteiger partial charge on any atom is -0.340 e. The SMILES string of the molecule is Cc1ccc(-c2ncccn2)c(C(=O)N2CCCC2(C)c2nc3cc(Br)cc(C)c3[nH]2)c1. The van der Waals surface area contributed by atoms with Gasteiger partial charge in [-0.3, -0.25) is 4.79 Å². The lowest BCUT2D eigenvalue weighted by Crippen LogP contribution is -2.43. The summed E-state index contributed by atoms with van der Waals surface area (Å²) in [5, 5.41) is 0. The monoisotopic (exact) mass is 489 g/mol. The predicted molar refractivity (Wildman–Crippen MR) is 128 cm³/mol. The van der Waals surface area contributed by atoms with Crippen LogP contribution in [0.2, 0.25) is 0 Å². The quantitative estimate of drug-likeness (QED) is 0.409. The van der Waals surface area contributed by atoms with E-state index in [0.717, 1.165) is 50.9 Å². The molecule has 0 radical (unpaired) electrons. The molecule has 1 N–H and O–H groups in total. The molecule has 7 heteroatoms. The van der Waals surface area contributed by atoms with E-state index in [4.69, 9.17) is 4.98 Å². The summed E-state index contributed by atoms with van der Waals surface area (Å²) in [5.41, 5.74) is 4.92. The van der Waals surface area contributed by atoms with E-state index in [1.807, 2.05) is 36.1 Å². The molecule has 162 valence electrons. The third-order valence-electron chi connectivity index (χ3n) is 6.36. The fourth-order valence-corrected chi connectivity index (χ4v) is 5.21. The second-order valence-corrected chi connectivity index (χ2v) is 9.57. The number of nitrogens with one attached hydrogen (secondary N) is 1. The number of benzene rings is 2. The fourth-order valence-electron chi connectivity index (χ4n) is 4.65. The Hall–Kier alpha value is -3.06. The van der Waals surface area contributed by atoms with Gasteiger partial charge in [-0.25, -0.2) is 15.0 Å². The number of aryl methyl sites for hydroxylation is 2. The molecule has 0 aliphatic carbocycles. The number of H-pyrrole nitrogens is 1. The van der Waals surface area contributed by atoms with Crippen molar-refractivity contribution in [2.24, 2.45) is 0 Å². The van der Waals surface area contributed by atoms with Gasteiger partial charge < -0.3 is 9.88 Å². The van der Waals surface area contributed by atoms with Crippen molar-refractivity contribution >= 4 is 32.9 Å². The first-order valence-electron chi connectivity index (χ1n) is 10.7. The van der Waals surface area contributed by atoms with Crippen molar-refractivity contribution in [3.8, 4) is 11.4 Å². The summed E-state index contributed by atoms with van der Waals surface area (Å²) in [4.78, 5) is 33.1. The number of imidazole rings is 1. The van der Waals surface area contributed by atoms with E-state index in [-0.39, 0.29) is 5.91 Å². The zero-order chi connectivity index (χ0) is 22.5. The number of halogens is 1. The molecule has 5 rings (SSSR count). The molecule has 1 aliphatic heterocycles. The highest BCUT2D eigenvalue weighted by molar-refractivity contribution is 9.10. The normalized spacial score (nSPS) is 18.4. The molecule has 3 heterocycles. The maximum atomic E-state index is 13.9. The van der Waals surface area contributed by atoms with Crippen LogP contribution in [0.5, 0.6) is 0 Å². The summed E-state index contributed by atoms with van der Waals surface area (Å²) in [6.45, 7) is 6.84. The van der Waals surface area contributed by atoms with Gasteiger partial charge in [0.15, 0.2) is 5.82 Å². The topological polar surface area (TPSA) is 74.8 Å². The van der Waals surface area contributed by atoms with Gasteiger partial charge in [0.05, 0.1) is 22.1 Å². The second-order valence-electron chi connectivity index (χ2n) is 8.66. The van der Waals surface area contributed by atoms with Gasteiger partial charge in [-0.15, -0.1) is 0 Å². The summed E-state index contributed by atoms with van der Waals surface area (Å²) < 4.78 is 0.998. The minimum atomic E-state index is -0.520. The van der Waals surface area contributed by atoms with Gasteiger partial charge in [0.1, 0.15) is 5.82 Å². The fraction of sp³-hybridized carbons (Fsp3) is 0.280. The number of hydrogen-bond donors (Lipinski definition) is 1. The van der Waals surface area contributed by atoms with Crippen molar-refractivity contribution in [3.05, 3.63) is 75.8 Å². The van der Waals surface area contributed by atoms with E-state index < -0.39 is 5.54 Å². The van der Waals surface area contributed by atoms with Crippen molar-refractivity contribution in [2.45, 2.75) is 39.2 Å². The van der Waals surface area contributed by atoms with Gasteiger partial charge in [-0.1, -0.05) is 33.6 Å². The van der Waals surface area contributed by atoms with E-state index in [1.165, 1.54) is 0 Å². The molecule has 1 amide bonds. The van der Waals surface area contributed by atoms with Crippen LogP contribution in [0.3, 0.4) is 0 Å². The smallest absolute Gasteiger partial charge is 0.255 e. The largest absolute Gasteiger partial charge is 0.340 e. The average Bonchev–Trinajstić information content (AvgIpc) is 3.39. The Bertz CT molecular complexity index is 1330. The maximum absolute atomic E-state index is 13.9. The Labute approximate surface area is 195 Å². The number of likely N-dealkylation sites (tertiary alicyclic amines) is 1. The molecule has 4 aromatic rings. The van der Waals surface area contributed by atoms with Crippen molar-refractivity contribution in [1.29, 1.82) is 0 Å². The molecule has 1 fully saturated rings. The summed E-state index contributed by atoms with van der Waals surface area (Å²) in [6, 6.07) is 11.7. The molecule has 1 saturated heterocycles. The second kappa shape index (κ2) is 7.81. The Morgan fingerprint density at radius 1 is 1.16 bits per heavy atom. The average molecular weight is 490 g/mol. The highest BCUT2D eigenvalue weighted by Crippen LogP contribution is 2.40. The highest BCUT2D eigenvalue weighted by Gasteiger charge is 2.44. The summed E-state index contributed by atoms with van der Waals surface area (Å²) in [6.07, 6.45) is 5.17. The Balaban J connectivity index is 1.59. The van der Waals surface area contributed by atoms with Gasteiger partial charge in [-0.2, -0.15) is 0 Å². The van der Waals surface area contributed by atoms with Gasteiger partial charge >= 0.3 is 0 Å². The predicted octanol–water partition coefficient (Wildman–Crippen LogP) is 5.55. The number of fused-ring (bicyclic) bond motifs is 1. The van der Waals surface area contributed by atoms with Crippen LogP contribution in [0.25, 0.3) is 22.4 Å². The lowest BCUT2D eigenvalue weighted by molar-refractivity contribution is 0.0606. The maximum Gasteiger partial charge on any atom is 0.255 e. The first-order valence-corrected chi connectivity index (χ1v) is 11.5. The molecule has 2 aromatic carbocycles. The molecule has 0 spiro atoms. The first kappa shape index (κ1) is 20.8. The van der Waals surface area contributed by atoms with Crippen molar-refractivity contribution in [1.82, 2.24) is 24.8 Å². The van der Waals surface area contributed by atoms with Crippen molar-refractivity contribution in [3.63, 3.8) is 0 Å². The van der Waals surface area contributed by atoms with E-state index in [9.17, 15) is 4.79 Å². The standard InChI is InChI=1S/C25H24BrN5O/c1-15-6-7-18(22-27-9-5-10-28-22)19(12-15)23(32)31-11-4-8-25(31,3)24-29-20-14-17(26)13-16(2)21(20)30-24/h5-7,9-10,12-14H,4,8,11H2,1-3H3,(H,29,30). The number of amides is 1. The van der Waals surface area contributed by atoms with E-state index in [2.05, 4.69) is 50.8 Å². The zero-order valence-corrected chi connectivity index (χ0v) is 19.9. The van der Waals surface area contributed by atoms with Crippen LogP contribution in [0.1, 0.15) is 47.1 Å². The van der Waals surface area contributed by atoms with Crippen LogP contribution in [0.4, 0.5) is 0 Å². The molecular weight excluding hydrogens is 466 g/mol. The molecule has 0 bridgehead atoms. The zero-order valence-electron chi connectivity index (χ0n) is 18.3. The molecule has 32 heavy (non-hydrogen) atoms. The number of carbonyl (C=O) groups is 1. The van der Waals surface area contributed by atoms with Crippen molar-refractivity contribution in [2.75, 3.05) is 6.54 Å². The van der Waals surface area contributed by atoms with Crippen LogP contribution in [0.15, 0.2) is 53.3 Å². The third kappa shape index (κ3) is 3.41. The number of aromatic nitrogens is 4. The van der Waals surface area contributed by atoms with E-state index in [1.54, 1.807) is 18.5 Å². The number of rotatable bonds is 3. The minimum absolute atomic E-state index is 0.0190. The van der Waals surface area contributed by atoms with E-state index >= 15 is 0 Å². The van der Waals surface area contributed by atoms with Crippen LogP contribution in [-0.4, -0.2) is 37.3 Å². The Morgan fingerprint density at radius 2 is 1.94 bits per heavy atom. The molecule has 1 atom stereocenters. The molecule has 1 unspecified atom stereocenters. The first-order chi connectivity index (χ1) is 15.4. The molecule has 6 nitrogen and oxygen atoms in total. The highest BCUT2D eigenvalue weighted by atomic mass is 79.9. The molecule has 1 aliphatic rings.